The Hall–Kier alpha value is -3.35. The number of carbonyl (C=O) groups excluding carboxylic acids is 1. The molecule has 0 saturated heterocycles. The summed E-state index contributed by atoms with van der Waals surface area (Å²) in [5.41, 5.74) is 0.741. The molecule has 1 aromatic heterocycles. The molecule has 5 nitrogen and oxygen atoms in total. The first-order chi connectivity index (χ1) is 12.4. The van der Waals surface area contributed by atoms with E-state index in [0.717, 1.165) is 17.5 Å². The van der Waals surface area contributed by atoms with Gasteiger partial charge in [0.2, 0.25) is 0 Å². The maximum absolute atomic E-state index is 13.7. The number of halogens is 2. The van der Waals surface area contributed by atoms with Gasteiger partial charge in [0.05, 0.1) is 11.1 Å². The molecule has 26 heavy (non-hydrogen) atoms. The summed E-state index contributed by atoms with van der Waals surface area (Å²) in [5.74, 6) is -4.10. The molecule has 0 aliphatic rings. The summed E-state index contributed by atoms with van der Waals surface area (Å²) in [5, 5.41) is 12.5. The number of benzene rings is 2. The normalized spacial score (nSPS) is 11.9. The third-order valence-electron chi connectivity index (χ3n) is 3.85. The summed E-state index contributed by atoms with van der Waals surface area (Å²) < 4.78 is 26.6. The van der Waals surface area contributed by atoms with Gasteiger partial charge in [0, 0.05) is 23.6 Å². The Morgan fingerprint density at radius 3 is 2.58 bits per heavy atom. The zero-order chi connectivity index (χ0) is 18.7. The fraction of sp³-hybridized carbons (Fsp3) is 0.105. The Bertz CT molecular complexity index is 991. The summed E-state index contributed by atoms with van der Waals surface area (Å²) in [7, 11) is 0. The van der Waals surface area contributed by atoms with Gasteiger partial charge < -0.3 is 10.4 Å². The van der Waals surface area contributed by atoms with Crippen molar-refractivity contribution in [2.45, 2.75) is 12.5 Å². The number of hydrogen-bond donors (Lipinski definition) is 2. The van der Waals surface area contributed by atoms with Crippen LogP contribution in [0.25, 0.3) is 10.9 Å². The number of carboxylic acid groups (broad SMARTS) is 1. The zero-order valence-electron chi connectivity index (χ0n) is 13.4. The number of pyridine rings is 1. The third-order valence-corrected chi connectivity index (χ3v) is 3.85. The topological polar surface area (TPSA) is 79.3 Å². The molecule has 1 atom stereocenters. The molecule has 3 rings (SSSR count). The van der Waals surface area contributed by atoms with E-state index in [1.54, 1.807) is 18.2 Å². The van der Waals surface area contributed by atoms with Gasteiger partial charge in [0.15, 0.2) is 0 Å². The first kappa shape index (κ1) is 17.5. The number of fused-ring (bicyclic) bond motifs is 1. The van der Waals surface area contributed by atoms with E-state index in [4.69, 9.17) is 0 Å². The Kier molecular flexibility index (Phi) is 4.88. The highest BCUT2D eigenvalue weighted by atomic mass is 19.1. The molecule has 0 aliphatic heterocycles. The van der Waals surface area contributed by atoms with Crippen molar-refractivity contribution in [2.75, 3.05) is 0 Å². The smallest absolute Gasteiger partial charge is 0.326 e. The van der Waals surface area contributed by atoms with E-state index in [0.29, 0.717) is 17.3 Å². The number of rotatable bonds is 5. The van der Waals surface area contributed by atoms with Gasteiger partial charge in [-0.1, -0.05) is 24.3 Å². The largest absolute Gasteiger partial charge is 0.480 e. The molecule has 0 aliphatic carbocycles. The summed E-state index contributed by atoms with van der Waals surface area (Å²) in [6.45, 7) is 0. The molecule has 0 fully saturated rings. The number of aliphatic carboxylic acids is 1. The van der Waals surface area contributed by atoms with Gasteiger partial charge in [-0.05, 0) is 24.3 Å². The lowest BCUT2D eigenvalue weighted by atomic mass is 10.1. The monoisotopic (exact) mass is 356 g/mol. The lowest BCUT2D eigenvalue weighted by Gasteiger charge is -2.15. The Morgan fingerprint density at radius 1 is 1.08 bits per heavy atom. The number of carboxylic acids is 1. The van der Waals surface area contributed by atoms with Crippen molar-refractivity contribution in [2.24, 2.45) is 0 Å². The molecule has 2 aromatic carbocycles. The Morgan fingerprint density at radius 2 is 1.85 bits per heavy atom. The van der Waals surface area contributed by atoms with Crippen LogP contribution >= 0.6 is 0 Å². The number of nitrogens with zero attached hydrogens (tertiary/aromatic N) is 1. The van der Waals surface area contributed by atoms with Gasteiger partial charge >= 0.3 is 5.97 Å². The van der Waals surface area contributed by atoms with Crippen LogP contribution in [-0.4, -0.2) is 28.0 Å². The van der Waals surface area contributed by atoms with Crippen molar-refractivity contribution in [1.29, 1.82) is 0 Å². The van der Waals surface area contributed by atoms with E-state index in [2.05, 4.69) is 10.3 Å². The summed E-state index contributed by atoms with van der Waals surface area (Å²) >= 11 is 0. The summed E-state index contributed by atoms with van der Waals surface area (Å²) in [6.07, 6.45) is -0.0747. The number of aromatic nitrogens is 1. The van der Waals surface area contributed by atoms with Crippen molar-refractivity contribution < 1.29 is 23.5 Å². The van der Waals surface area contributed by atoms with Crippen LogP contribution in [0.4, 0.5) is 8.78 Å². The van der Waals surface area contributed by atoms with Crippen LogP contribution in [0, 0.1) is 11.6 Å². The van der Waals surface area contributed by atoms with Crippen molar-refractivity contribution >= 4 is 22.8 Å². The highest BCUT2D eigenvalue weighted by Gasteiger charge is 2.23. The van der Waals surface area contributed by atoms with Crippen LogP contribution in [0.1, 0.15) is 16.1 Å². The average molecular weight is 356 g/mol. The fourth-order valence-corrected chi connectivity index (χ4v) is 2.54. The minimum atomic E-state index is -1.30. The number of para-hydroxylation sites is 1. The van der Waals surface area contributed by atoms with E-state index in [9.17, 15) is 23.5 Å². The van der Waals surface area contributed by atoms with Crippen LogP contribution in [0.3, 0.4) is 0 Å². The van der Waals surface area contributed by atoms with E-state index in [1.807, 2.05) is 18.2 Å². The van der Waals surface area contributed by atoms with Crippen molar-refractivity contribution in [3.8, 4) is 0 Å². The quantitative estimate of drug-likeness (QED) is 0.737. The maximum atomic E-state index is 13.7. The molecular weight excluding hydrogens is 342 g/mol. The van der Waals surface area contributed by atoms with Gasteiger partial charge in [0.1, 0.15) is 17.7 Å². The third kappa shape index (κ3) is 3.83. The molecule has 1 amide bonds. The van der Waals surface area contributed by atoms with Crippen LogP contribution < -0.4 is 5.32 Å². The van der Waals surface area contributed by atoms with Gasteiger partial charge in [-0.25, -0.2) is 13.6 Å². The molecule has 2 N–H and O–H groups in total. The first-order valence-electron chi connectivity index (χ1n) is 7.77. The van der Waals surface area contributed by atoms with Crippen LogP contribution in [0.5, 0.6) is 0 Å². The van der Waals surface area contributed by atoms with Gasteiger partial charge in [-0.3, -0.25) is 9.78 Å². The second-order valence-corrected chi connectivity index (χ2v) is 5.69. The number of amides is 1. The molecule has 0 spiro atoms. The van der Waals surface area contributed by atoms with Crippen molar-refractivity contribution in [1.82, 2.24) is 10.3 Å². The molecule has 0 unspecified atom stereocenters. The SMILES string of the molecule is O=C(N[C@H](Cc1ccc2ccccc2n1)C(=O)O)c1ccc(F)cc1F. The Labute approximate surface area is 147 Å². The molecule has 0 bridgehead atoms. The maximum Gasteiger partial charge on any atom is 0.326 e. The standard InChI is InChI=1S/C19H14F2N2O3/c20-12-6-8-14(15(21)9-12)18(24)23-17(19(25)26)10-13-7-5-11-3-1-2-4-16(11)22-13/h1-9,17H,10H2,(H,23,24)(H,25,26)/t17-/m1/s1. The number of nitrogens with one attached hydrogen (secondary N) is 1. The second kappa shape index (κ2) is 7.26. The molecule has 0 radical (unpaired) electrons. The minimum Gasteiger partial charge on any atom is -0.480 e. The minimum absolute atomic E-state index is 0.0747. The molecule has 7 heteroatoms. The fourth-order valence-electron chi connectivity index (χ4n) is 2.54. The highest BCUT2D eigenvalue weighted by Crippen LogP contribution is 2.14. The van der Waals surface area contributed by atoms with Crippen LogP contribution in [0.15, 0.2) is 54.6 Å². The summed E-state index contributed by atoms with van der Waals surface area (Å²) in [6, 6.07) is 12.0. The highest BCUT2D eigenvalue weighted by molar-refractivity contribution is 5.96. The van der Waals surface area contributed by atoms with Gasteiger partial charge in [-0.15, -0.1) is 0 Å². The molecular formula is C19H14F2N2O3. The number of hydrogen-bond acceptors (Lipinski definition) is 3. The van der Waals surface area contributed by atoms with E-state index >= 15 is 0 Å². The summed E-state index contributed by atoms with van der Waals surface area (Å²) in [4.78, 5) is 28.0. The second-order valence-electron chi connectivity index (χ2n) is 5.69. The average Bonchev–Trinajstić information content (AvgIpc) is 2.60. The Balaban J connectivity index is 1.80. The van der Waals surface area contributed by atoms with Crippen LogP contribution in [0.2, 0.25) is 0 Å². The van der Waals surface area contributed by atoms with Crippen molar-refractivity contribution in [3.63, 3.8) is 0 Å². The lowest BCUT2D eigenvalue weighted by Crippen LogP contribution is -2.42. The van der Waals surface area contributed by atoms with Gasteiger partial charge in [-0.2, -0.15) is 0 Å². The van der Waals surface area contributed by atoms with E-state index in [1.165, 1.54) is 0 Å². The van der Waals surface area contributed by atoms with E-state index < -0.39 is 35.1 Å². The van der Waals surface area contributed by atoms with Crippen molar-refractivity contribution in [3.05, 3.63) is 77.5 Å². The van der Waals surface area contributed by atoms with E-state index in [-0.39, 0.29) is 6.42 Å². The zero-order valence-corrected chi connectivity index (χ0v) is 13.4. The molecule has 3 aromatic rings. The van der Waals surface area contributed by atoms with Gasteiger partial charge in [0.25, 0.3) is 5.91 Å². The molecule has 1 heterocycles. The lowest BCUT2D eigenvalue weighted by molar-refractivity contribution is -0.139. The molecule has 0 saturated carbocycles. The predicted molar refractivity (Wildman–Crippen MR) is 90.7 cm³/mol. The van der Waals surface area contributed by atoms with Crippen LogP contribution in [-0.2, 0) is 11.2 Å². The predicted octanol–water partition coefficient (Wildman–Crippen LogP) is 2.94. The number of carbonyl (C=O) groups is 2. The first-order valence-corrected chi connectivity index (χ1v) is 7.77. The molecule has 132 valence electrons.